The minimum Gasteiger partial charge on any atom is -0.494 e. The first-order valence-corrected chi connectivity index (χ1v) is 15.5. The Hall–Kier alpha value is -2.82. The van der Waals surface area contributed by atoms with E-state index in [0.717, 1.165) is 30.8 Å². The van der Waals surface area contributed by atoms with Crippen LogP contribution >= 0.6 is 0 Å². The molecule has 0 saturated carbocycles. The maximum atomic E-state index is 12.6. The Balaban J connectivity index is 1.68. The normalized spacial score (nSPS) is 10.8. The second kappa shape index (κ2) is 21.1. The fourth-order valence-corrected chi connectivity index (χ4v) is 4.52. The zero-order valence-electron chi connectivity index (χ0n) is 24.5. The van der Waals surface area contributed by atoms with Crippen molar-refractivity contribution in [3.05, 3.63) is 64.3 Å². The van der Waals surface area contributed by atoms with E-state index in [1.165, 1.54) is 96.0 Å². The van der Waals surface area contributed by atoms with Crippen molar-refractivity contribution in [2.45, 2.75) is 117 Å². The average Bonchev–Trinajstić information content (AvgIpc) is 3.12. The second-order valence-corrected chi connectivity index (χ2v) is 10.5. The lowest BCUT2D eigenvalue weighted by Crippen LogP contribution is -2.13. The van der Waals surface area contributed by atoms with E-state index >= 15 is 0 Å². The van der Waals surface area contributed by atoms with Gasteiger partial charge in [0.25, 0.3) is 0 Å². The van der Waals surface area contributed by atoms with Gasteiger partial charge in [0.2, 0.25) is 5.43 Å². The Morgan fingerprint density at radius 2 is 1.18 bits per heavy atom. The number of carbonyl (C=O) groups is 1. The molecule has 0 spiro atoms. The molecule has 0 aliphatic carbocycles. The maximum absolute atomic E-state index is 12.6. The molecule has 2 rings (SSSR count). The predicted octanol–water partition coefficient (Wildman–Crippen LogP) is 9.34. The molecule has 0 atom stereocenters. The fraction of sp³-hybridized carbons (Fsp3) is 0.588. The van der Waals surface area contributed by atoms with Crippen LogP contribution in [0.1, 0.15) is 127 Å². The fourth-order valence-electron chi connectivity index (χ4n) is 4.52. The molecule has 2 aromatic rings. The highest BCUT2D eigenvalue weighted by Crippen LogP contribution is 2.16. The topological polar surface area (TPSA) is 64.6 Å². The smallest absolute Gasteiger partial charge is 0.343 e. The van der Waals surface area contributed by atoms with Crippen LogP contribution in [0.2, 0.25) is 0 Å². The molecule has 0 aliphatic rings. The van der Waals surface area contributed by atoms with E-state index in [1.807, 2.05) is 0 Å². The van der Waals surface area contributed by atoms with Gasteiger partial charge < -0.3 is 14.8 Å². The molecule has 5 heteroatoms. The first-order chi connectivity index (χ1) is 19.1. The number of carbonyl (C=O) groups excluding carboxylic acids is 1. The minimum absolute atomic E-state index is 0.0221. The number of nitrogens with one attached hydrogen (secondary N) is 1. The lowest BCUT2D eigenvalue weighted by Gasteiger charge is -2.07. The number of hydrogen-bond donors (Lipinski definition) is 1. The molecule has 0 unspecified atom stereocenters. The van der Waals surface area contributed by atoms with Gasteiger partial charge in [-0.25, -0.2) is 4.79 Å². The van der Waals surface area contributed by atoms with Gasteiger partial charge in [-0.3, -0.25) is 4.79 Å². The Morgan fingerprint density at radius 3 is 1.79 bits per heavy atom. The summed E-state index contributed by atoms with van der Waals surface area (Å²) in [5.74, 6) is 0.203. The standard InChI is InChI=1S/C34H51NO4/c1-3-5-7-9-11-12-13-14-16-18-28-38-31-23-19-29(20-24-31)34(37)39-33-26-22-30(21-25-32(33)36)35-27-17-15-10-8-6-4-2/h19-26,35H,3-18,27-28H2,1-2H3. The van der Waals surface area contributed by atoms with Gasteiger partial charge >= 0.3 is 5.97 Å². The molecule has 0 radical (unpaired) electrons. The highest BCUT2D eigenvalue weighted by atomic mass is 16.5. The van der Waals surface area contributed by atoms with E-state index in [-0.39, 0.29) is 11.2 Å². The molecule has 2 aromatic carbocycles. The molecular formula is C34H51NO4. The molecule has 216 valence electrons. The van der Waals surface area contributed by atoms with Crippen LogP contribution in [-0.2, 0) is 0 Å². The molecule has 0 bridgehead atoms. The van der Waals surface area contributed by atoms with E-state index in [9.17, 15) is 9.59 Å². The highest BCUT2D eigenvalue weighted by Gasteiger charge is 2.11. The molecule has 0 saturated heterocycles. The van der Waals surface area contributed by atoms with E-state index < -0.39 is 5.97 Å². The molecule has 0 aliphatic heterocycles. The van der Waals surface area contributed by atoms with Crippen molar-refractivity contribution >= 4 is 11.7 Å². The van der Waals surface area contributed by atoms with Crippen LogP contribution in [0.3, 0.4) is 0 Å². The number of ether oxygens (including phenoxy) is 2. The molecule has 0 amide bonds. The molecule has 39 heavy (non-hydrogen) atoms. The predicted molar refractivity (Wildman–Crippen MR) is 163 cm³/mol. The third-order valence-corrected chi connectivity index (χ3v) is 6.99. The van der Waals surface area contributed by atoms with Gasteiger partial charge in [0.1, 0.15) is 5.75 Å². The van der Waals surface area contributed by atoms with Gasteiger partial charge in [-0.2, -0.15) is 0 Å². The third kappa shape index (κ3) is 14.8. The summed E-state index contributed by atoms with van der Waals surface area (Å²) in [6, 6.07) is 13.4. The number of anilines is 1. The molecule has 5 nitrogen and oxygen atoms in total. The Bertz CT molecular complexity index is 974. The molecule has 0 heterocycles. The van der Waals surface area contributed by atoms with Crippen LogP contribution in [0.25, 0.3) is 0 Å². The van der Waals surface area contributed by atoms with Gasteiger partial charge in [0.15, 0.2) is 5.75 Å². The Labute approximate surface area is 236 Å². The van der Waals surface area contributed by atoms with Crippen LogP contribution in [0.4, 0.5) is 5.69 Å². The third-order valence-electron chi connectivity index (χ3n) is 6.99. The van der Waals surface area contributed by atoms with E-state index in [4.69, 9.17) is 9.47 Å². The Morgan fingerprint density at radius 1 is 0.641 bits per heavy atom. The second-order valence-electron chi connectivity index (χ2n) is 10.5. The van der Waals surface area contributed by atoms with Crippen molar-refractivity contribution in [2.24, 2.45) is 0 Å². The summed E-state index contributed by atoms with van der Waals surface area (Å²) in [5, 5.41) is 3.35. The maximum Gasteiger partial charge on any atom is 0.343 e. The highest BCUT2D eigenvalue weighted by molar-refractivity contribution is 5.91. The number of rotatable bonds is 22. The molecule has 0 aromatic heterocycles. The SMILES string of the molecule is CCCCCCCCCCCCOc1ccc(C(=O)Oc2ccc(NCCCCCCCC)ccc2=O)cc1. The summed E-state index contributed by atoms with van der Waals surface area (Å²) in [6.07, 6.45) is 20.3. The molecule has 1 N–H and O–H groups in total. The van der Waals surface area contributed by atoms with Crippen molar-refractivity contribution < 1.29 is 14.3 Å². The first kappa shape index (κ1) is 32.4. The van der Waals surface area contributed by atoms with Gasteiger partial charge in [-0.1, -0.05) is 104 Å². The van der Waals surface area contributed by atoms with E-state index in [2.05, 4.69) is 19.2 Å². The van der Waals surface area contributed by atoms with Crippen molar-refractivity contribution in [1.29, 1.82) is 0 Å². The van der Waals surface area contributed by atoms with Crippen LogP contribution in [0.5, 0.6) is 11.5 Å². The number of benzene rings is 1. The number of hydrogen-bond acceptors (Lipinski definition) is 5. The molecular weight excluding hydrogens is 486 g/mol. The largest absolute Gasteiger partial charge is 0.494 e. The van der Waals surface area contributed by atoms with Crippen LogP contribution in [-0.4, -0.2) is 19.1 Å². The van der Waals surface area contributed by atoms with Crippen LogP contribution in [0, 0.1) is 0 Å². The first-order valence-electron chi connectivity index (χ1n) is 15.5. The van der Waals surface area contributed by atoms with Gasteiger partial charge in [-0.15, -0.1) is 0 Å². The summed E-state index contributed by atoms with van der Waals surface area (Å²) in [4.78, 5) is 25.1. The van der Waals surface area contributed by atoms with Crippen LogP contribution in [0.15, 0.2) is 53.3 Å². The van der Waals surface area contributed by atoms with Crippen molar-refractivity contribution in [3.63, 3.8) is 0 Å². The summed E-state index contributed by atoms with van der Waals surface area (Å²) in [7, 11) is 0. The zero-order valence-corrected chi connectivity index (χ0v) is 24.5. The van der Waals surface area contributed by atoms with Crippen molar-refractivity contribution in [3.8, 4) is 11.5 Å². The Kier molecular flexibility index (Phi) is 17.5. The minimum atomic E-state index is -0.555. The number of unbranched alkanes of at least 4 members (excludes halogenated alkanes) is 14. The monoisotopic (exact) mass is 537 g/mol. The van der Waals surface area contributed by atoms with Crippen LogP contribution < -0.4 is 20.2 Å². The van der Waals surface area contributed by atoms with E-state index in [0.29, 0.717) is 12.2 Å². The zero-order chi connectivity index (χ0) is 28.0. The molecule has 0 fully saturated rings. The summed E-state index contributed by atoms with van der Waals surface area (Å²) < 4.78 is 11.3. The summed E-state index contributed by atoms with van der Waals surface area (Å²) >= 11 is 0. The van der Waals surface area contributed by atoms with Crippen molar-refractivity contribution in [2.75, 3.05) is 18.5 Å². The lowest BCUT2D eigenvalue weighted by molar-refractivity contribution is 0.0733. The van der Waals surface area contributed by atoms with Gasteiger partial charge in [-0.05, 0) is 61.4 Å². The summed E-state index contributed by atoms with van der Waals surface area (Å²) in [6.45, 7) is 6.01. The number of esters is 1. The van der Waals surface area contributed by atoms with Crippen molar-refractivity contribution in [1.82, 2.24) is 0 Å². The quantitative estimate of drug-likeness (QED) is 0.120. The van der Waals surface area contributed by atoms with Gasteiger partial charge in [0, 0.05) is 12.2 Å². The average molecular weight is 538 g/mol. The van der Waals surface area contributed by atoms with Gasteiger partial charge in [0.05, 0.1) is 12.2 Å². The van der Waals surface area contributed by atoms with E-state index in [1.54, 1.807) is 42.5 Å². The lowest BCUT2D eigenvalue weighted by atomic mass is 10.1. The summed E-state index contributed by atoms with van der Waals surface area (Å²) in [5.41, 5.74) is 0.896.